The van der Waals surface area contributed by atoms with Crippen molar-refractivity contribution in [2.45, 2.75) is 17.9 Å². The van der Waals surface area contributed by atoms with Gasteiger partial charge in [0.25, 0.3) is 5.91 Å². The summed E-state index contributed by atoms with van der Waals surface area (Å²) in [6.45, 7) is 2.51. The number of sulfonamides is 1. The second-order valence-corrected chi connectivity index (χ2v) is 11.1. The van der Waals surface area contributed by atoms with E-state index in [1.165, 1.54) is 10.4 Å². The predicted octanol–water partition coefficient (Wildman–Crippen LogP) is 3.76. The molecule has 5 rings (SSSR count). The van der Waals surface area contributed by atoms with Crippen molar-refractivity contribution < 1.29 is 22.7 Å². The Labute approximate surface area is 219 Å². The first-order valence-corrected chi connectivity index (χ1v) is 13.4. The maximum Gasteiger partial charge on any atom is 0.266 e. The largest absolute Gasteiger partial charge is 0.491 e. The normalized spacial score (nSPS) is 16.6. The molecule has 1 aliphatic rings. The van der Waals surface area contributed by atoms with Gasteiger partial charge in [0.1, 0.15) is 29.0 Å². The minimum atomic E-state index is -4.10. The number of aromatic nitrogens is 2. The summed E-state index contributed by atoms with van der Waals surface area (Å²) >= 11 is 6.12. The number of hydrogen-bond acceptors (Lipinski definition) is 6. The number of hydrogen-bond donors (Lipinski definition) is 2. The van der Waals surface area contributed by atoms with Crippen LogP contribution in [0, 0.1) is 6.92 Å². The van der Waals surface area contributed by atoms with E-state index in [4.69, 9.17) is 26.8 Å². The molecule has 37 heavy (non-hydrogen) atoms. The van der Waals surface area contributed by atoms with Gasteiger partial charge < -0.3 is 20.2 Å². The Kier molecular flexibility index (Phi) is 6.91. The van der Waals surface area contributed by atoms with Crippen LogP contribution in [0.1, 0.15) is 16.1 Å². The monoisotopic (exact) mass is 540 g/mol. The van der Waals surface area contributed by atoms with Crippen molar-refractivity contribution in [2.24, 2.45) is 5.73 Å². The molecule has 1 saturated heterocycles. The molecule has 4 aromatic rings. The van der Waals surface area contributed by atoms with Crippen LogP contribution in [0.2, 0.25) is 5.02 Å². The molecular formula is C26H25ClN4O5S. The summed E-state index contributed by atoms with van der Waals surface area (Å²) in [6, 6.07) is 14.4. The zero-order chi connectivity index (χ0) is 26.2. The van der Waals surface area contributed by atoms with Gasteiger partial charge in [-0.3, -0.25) is 9.78 Å². The number of nitrogens with one attached hydrogen (secondary N) is 1. The Bertz CT molecular complexity index is 1570. The number of carbonyl (C=O) groups excluding carboxylic acids is 1. The van der Waals surface area contributed by atoms with Crippen molar-refractivity contribution >= 4 is 38.4 Å². The first kappa shape index (κ1) is 25.2. The maximum absolute atomic E-state index is 13.7. The summed E-state index contributed by atoms with van der Waals surface area (Å²) in [5.41, 5.74) is 8.87. The molecule has 2 aromatic heterocycles. The van der Waals surface area contributed by atoms with E-state index in [1.807, 2.05) is 37.3 Å². The summed E-state index contributed by atoms with van der Waals surface area (Å²) in [5, 5.41) is 0.654. The quantitative estimate of drug-likeness (QED) is 0.367. The zero-order valence-electron chi connectivity index (χ0n) is 20.0. The van der Waals surface area contributed by atoms with Gasteiger partial charge in [0, 0.05) is 47.0 Å². The van der Waals surface area contributed by atoms with Gasteiger partial charge >= 0.3 is 0 Å². The fourth-order valence-corrected chi connectivity index (χ4v) is 6.45. The van der Waals surface area contributed by atoms with Crippen molar-refractivity contribution in [3.63, 3.8) is 0 Å². The first-order chi connectivity index (χ1) is 17.7. The molecule has 0 saturated carbocycles. The lowest BCUT2D eigenvalue weighted by atomic mass is 10.0. The third-order valence-corrected chi connectivity index (χ3v) is 8.45. The Morgan fingerprint density at radius 1 is 1.27 bits per heavy atom. The van der Waals surface area contributed by atoms with Crippen LogP contribution in [-0.4, -0.2) is 61.0 Å². The van der Waals surface area contributed by atoms with Crippen molar-refractivity contribution in [1.29, 1.82) is 0 Å². The van der Waals surface area contributed by atoms with Gasteiger partial charge in [0.05, 0.1) is 6.61 Å². The average molecular weight is 541 g/mol. The van der Waals surface area contributed by atoms with Crippen molar-refractivity contribution in [3.8, 4) is 16.9 Å². The van der Waals surface area contributed by atoms with E-state index in [1.54, 1.807) is 24.5 Å². The molecule has 1 amide bonds. The molecule has 3 heterocycles. The minimum Gasteiger partial charge on any atom is -0.491 e. The second kappa shape index (κ2) is 10.1. The topological polar surface area (TPSA) is 128 Å². The molecule has 0 bridgehead atoms. The van der Waals surface area contributed by atoms with Crippen molar-refractivity contribution in [3.05, 3.63) is 77.2 Å². The zero-order valence-corrected chi connectivity index (χ0v) is 21.6. The van der Waals surface area contributed by atoms with Crippen molar-refractivity contribution in [1.82, 2.24) is 14.3 Å². The minimum absolute atomic E-state index is 0.0561. The van der Waals surface area contributed by atoms with E-state index < -0.39 is 22.0 Å². The number of fused-ring (bicyclic) bond motifs is 1. The second-order valence-electron chi connectivity index (χ2n) is 8.77. The van der Waals surface area contributed by atoms with Crippen LogP contribution in [0.15, 0.2) is 65.8 Å². The smallest absolute Gasteiger partial charge is 0.266 e. The van der Waals surface area contributed by atoms with Gasteiger partial charge in [-0.15, -0.1) is 0 Å². The van der Waals surface area contributed by atoms with Crippen molar-refractivity contribution in [2.75, 3.05) is 26.3 Å². The SMILES string of the molecule is Cc1cc(OC[C@@H]2CN(S(=O)(=O)c3c(C(N)=O)[nH]c4ccc(Cl)cc34)CCO2)ccc1-c1cccnc1. The lowest BCUT2D eigenvalue weighted by molar-refractivity contribution is -0.0249. The van der Waals surface area contributed by atoms with E-state index in [9.17, 15) is 13.2 Å². The molecule has 3 N–H and O–H groups in total. The van der Waals surface area contributed by atoms with Crippen LogP contribution in [0.3, 0.4) is 0 Å². The highest BCUT2D eigenvalue weighted by atomic mass is 35.5. The fourth-order valence-electron chi connectivity index (χ4n) is 4.48. The van der Waals surface area contributed by atoms with E-state index in [-0.39, 0.29) is 36.9 Å². The van der Waals surface area contributed by atoms with Crippen LogP contribution in [-0.2, 0) is 14.8 Å². The lowest BCUT2D eigenvalue weighted by Gasteiger charge is -2.32. The number of primary amides is 1. The number of aryl methyl sites for hydroxylation is 1. The Morgan fingerprint density at radius 2 is 2.11 bits per heavy atom. The van der Waals surface area contributed by atoms with Gasteiger partial charge in [0.2, 0.25) is 10.0 Å². The van der Waals surface area contributed by atoms with Crippen LogP contribution in [0.25, 0.3) is 22.0 Å². The Hall–Kier alpha value is -3.44. The molecule has 9 nitrogen and oxygen atoms in total. The van der Waals surface area contributed by atoms with Crippen LogP contribution in [0.4, 0.5) is 0 Å². The molecular weight excluding hydrogens is 516 g/mol. The van der Waals surface area contributed by atoms with E-state index in [2.05, 4.69) is 9.97 Å². The fraction of sp³-hybridized carbons (Fsp3) is 0.231. The summed E-state index contributed by atoms with van der Waals surface area (Å²) in [6.07, 6.45) is 3.03. The number of nitrogens with zero attached hydrogens (tertiary/aromatic N) is 2. The molecule has 192 valence electrons. The van der Waals surface area contributed by atoms with E-state index in [0.29, 0.717) is 21.7 Å². The summed E-state index contributed by atoms with van der Waals surface area (Å²) < 4.78 is 40.4. The van der Waals surface area contributed by atoms with Crippen LogP contribution >= 0.6 is 11.6 Å². The van der Waals surface area contributed by atoms with Gasteiger partial charge in [-0.25, -0.2) is 8.42 Å². The number of halogens is 1. The molecule has 0 radical (unpaired) electrons. The van der Waals surface area contributed by atoms with Gasteiger partial charge in [0.15, 0.2) is 0 Å². The standard InChI is InChI=1S/C26H25ClN4O5S/c1-16-11-19(5-6-21(16)17-3-2-8-29-13-17)36-15-20-14-31(9-10-35-20)37(33,34)25-22-12-18(27)4-7-23(22)30-24(25)26(28)32/h2-8,11-13,20,30H,9-10,14-15H2,1H3,(H2,28,32)/t20-/m0/s1. The number of H-pyrrole nitrogens is 1. The highest BCUT2D eigenvalue weighted by Gasteiger charge is 2.36. The van der Waals surface area contributed by atoms with Gasteiger partial charge in [-0.05, 0) is 54.4 Å². The Morgan fingerprint density at radius 3 is 2.84 bits per heavy atom. The molecule has 11 heteroatoms. The summed E-state index contributed by atoms with van der Waals surface area (Å²) in [7, 11) is -4.10. The third-order valence-electron chi connectivity index (χ3n) is 6.27. The number of amides is 1. The molecule has 0 aliphatic carbocycles. The highest BCUT2D eigenvalue weighted by molar-refractivity contribution is 7.89. The number of morpholine rings is 1. The summed E-state index contributed by atoms with van der Waals surface area (Å²) in [4.78, 5) is 18.9. The Balaban J connectivity index is 1.33. The van der Waals surface area contributed by atoms with E-state index in [0.717, 1.165) is 16.7 Å². The number of pyridine rings is 1. The maximum atomic E-state index is 13.7. The first-order valence-electron chi connectivity index (χ1n) is 11.6. The summed E-state index contributed by atoms with van der Waals surface area (Å²) in [5.74, 6) is -0.222. The van der Waals surface area contributed by atoms with Gasteiger partial charge in [-0.2, -0.15) is 4.31 Å². The molecule has 1 fully saturated rings. The number of nitrogens with two attached hydrogens (primary N) is 1. The van der Waals surface area contributed by atoms with E-state index >= 15 is 0 Å². The number of rotatable bonds is 7. The van der Waals surface area contributed by atoms with Gasteiger partial charge in [-0.1, -0.05) is 23.7 Å². The highest BCUT2D eigenvalue weighted by Crippen LogP contribution is 2.32. The van der Waals surface area contributed by atoms with Crippen LogP contribution in [0.5, 0.6) is 5.75 Å². The number of aromatic amines is 1. The number of benzene rings is 2. The third kappa shape index (κ3) is 5.05. The number of carbonyl (C=O) groups is 1. The van der Waals surface area contributed by atoms with Crippen LogP contribution < -0.4 is 10.5 Å². The molecule has 1 aliphatic heterocycles. The predicted molar refractivity (Wildman–Crippen MR) is 140 cm³/mol. The molecule has 2 aromatic carbocycles. The lowest BCUT2D eigenvalue weighted by Crippen LogP contribution is -2.47. The molecule has 0 unspecified atom stereocenters. The number of ether oxygens (including phenoxy) is 2. The average Bonchev–Trinajstić information content (AvgIpc) is 3.28. The molecule has 0 spiro atoms. The molecule has 1 atom stereocenters.